The molecule has 1 unspecified atom stereocenters. The molecule has 0 bridgehead atoms. The van der Waals surface area contributed by atoms with Crippen LogP contribution in [0.15, 0.2) is 0 Å². The first-order valence-corrected chi connectivity index (χ1v) is 5.20. The molecule has 0 fully saturated rings. The maximum Gasteiger partial charge on any atom is 0.233 e. The highest BCUT2D eigenvalue weighted by molar-refractivity contribution is 5.77. The van der Waals surface area contributed by atoms with Gasteiger partial charge in [-0.2, -0.15) is 0 Å². The molecule has 0 saturated carbocycles. The van der Waals surface area contributed by atoms with Gasteiger partial charge in [-0.15, -0.1) is 0 Å². The van der Waals surface area contributed by atoms with Gasteiger partial charge in [0.1, 0.15) is 0 Å². The number of hydrogen-bond acceptors (Lipinski definition) is 2. The number of nitrogens with one attached hydrogen (secondary N) is 2. The van der Waals surface area contributed by atoms with Gasteiger partial charge in [0.2, 0.25) is 5.91 Å². The highest BCUT2D eigenvalue weighted by Gasteiger charge is 2.03. The second-order valence-corrected chi connectivity index (χ2v) is 3.38. The number of rotatable bonds is 7. The number of likely N-dealkylation sites (N-methyl/N-ethyl adjacent to an activating group) is 1. The molecule has 13 heavy (non-hydrogen) atoms. The molecule has 0 aliphatic carbocycles. The molecule has 0 aliphatic rings. The van der Waals surface area contributed by atoms with Gasteiger partial charge in [-0.1, -0.05) is 19.8 Å². The van der Waals surface area contributed by atoms with Crippen molar-refractivity contribution in [2.45, 2.75) is 46.1 Å². The van der Waals surface area contributed by atoms with E-state index >= 15 is 0 Å². The summed E-state index contributed by atoms with van der Waals surface area (Å²) in [5.74, 6) is 0.0887. The van der Waals surface area contributed by atoms with E-state index < -0.39 is 0 Å². The van der Waals surface area contributed by atoms with Crippen molar-refractivity contribution in [1.29, 1.82) is 0 Å². The van der Waals surface area contributed by atoms with Crippen LogP contribution in [0.1, 0.15) is 40.0 Å². The molecule has 3 heteroatoms. The standard InChI is InChI=1S/C10H22N2O/c1-4-6-7-9(3)12-8-10(13)11-5-2/h9,12H,4-8H2,1-3H3,(H,11,13). The molecule has 1 atom stereocenters. The number of unbranched alkanes of at least 4 members (excludes halogenated alkanes) is 1. The summed E-state index contributed by atoms with van der Waals surface area (Å²) in [5, 5.41) is 5.95. The summed E-state index contributed by atoms with van der Waals surface area (Å²) in [6.45, 7) is 7.38. The van der Waals surface area contributed by atoms with Gasteiger partial charge in [0.05, 0.1) is 6.54 Å². The Labute approximate surface area is 81.3 Å². The molecular formula is C10H22N2O. The number of hydrogen-bond donors (Lipinski definition) is 2. The van der Waals surface area contributed by atoms with Gasteiger partial charge in [0, 0.05) is 12.6 Å². The molecule has 0 aromatic rings. The molecule has 78 valence electrons. The quantitative estimate of drug-likeness (QED) is 0.629. The molecule has 1 amide bonds. The van der Waals surface area contributed by atoms with Crippen LogP contribution >= 0.6 is 0 Å². The zero-order valence-electron chi connectivity index (χ0n) is 9.02. The monoisotopic (exact) mass is 186 g/mol. The van der Waals surface area contributed by atoms with Crippen molar-refractivity contribution in [2.24, 2.45) is 0 Å². The van der Waals surface area contributed by atoms with E-state index in [4.69, 9.17) is 0 Å². The van der Waals surface area contributed by atoms with Crippen molar-refractivity contribution in [3.63, 3.8) is 0 Å². The third-order valence-electron chi connectivity index (χ3n) is 1.98. The van der Waals surface area contributed by atoms with Crippen molar-refractivity contribution >= 4 is 5.91 Å². The fourth-order valence-corrected chi connectivity index (χ4v) is 1.14. The molecule has 0 radical (unpaired) electrons. The minimum Gasteiger partial charge on any atom is -0.355 e. The third kappa shape index (κ3) is 7.78. The molecule has 3 nitrogen and oxygen atoms in total. The van der Waals surface area contributed by atoms with Crippen molar-refractivity contribution in [1.82, 2.24) is 10.6 Å². The van der Waals surface area contributed by atoms with Crippen LogP contribution in [-0.2, 0) is 4.79 Å². The van der Waals surface area contributed by atoms with Gasteiger partial charge >= 0.3 is 0 Å². The van der Waals surface area contributed by atoms with Crippen LogP contribution in [0.2, 0.25) is 0 Å². The Morgan fingerprint density at radius 3 is 2.62 bits per heavy atom. The van der Waals surface area contributed by atoms with Gasteiger partial charge in [-0.3, -0.25) is 4.79 Å². The minimum absolute atomic E-state index is 0.0887. The van der Waals surface area contributed by atoms with Crippen molar-refractivity contribution < 1.29 is 4.79 Å². The van der Waals surface area contributed by atoms with Gasteiger partial charge in [0.25, 0.3) is 0 Å². The van der Waals surface area contributed by atoms with Gasteiger partial charge < -0.3 is 10.6 Å². The van der Waals surface area contributed by atoms with Crippen molar-refractivity contribution in [3.8, 4) is 0 Å². The van der Waals surface area contributed by atoms with Gasteiger partial charge in [-0.25, -0.2) is 0 Å². The summed E-state index contributed by atoms with van der Waals surface area (Å²) in [4.78, 5) is 11.0. The summed E-state index contributed by atoms with van der Waals surface area (Å²) < 4.78 is 0. The Balaban J connectivity index is 3.34. The lowest BCUT2D eigenvalue weighted by Crippen LogP contribution is -2.37. The van der Waals surface area contributed by atoms with Crippen LogP contribution in [0.5, 0.6) is 0 Å². The summed E-state index contributed by atoms with van der Waals surface area (Å²) in [6.07, 6.45) is 3.59. The zero-order valence-corrected chi connectivity index (χ0v) is 9.02. The van der Waals surface area contributed by atoms with E-state index in [1.165, 1.54) is 12.8 Å². The Hall–Kier alpha value is -0.570. The Kier molecular flexibility index (Phi) is 7.69. The smallest absolute Gasteiger partial charge is 0.233 e. The zero-order chi connectivity index (χ0) is 10.1. The number of amides is 1. The van der Waals surface area contributed by atoms with Crippen LogP contribution in [-0.4, -0.2) is 25.0 Å². The Morgan fingerprint density at radius 1 is 1.38 bits per heavy atom. The van der Waals surface area contributed by atoms with Gasteiger partial charge in [0.15, 0.2) is 0 Å². The second kappa shape index (κ2) is 8.05. The molecular weight excluding hydrogens is 164 g/mol. The maximum atomic E-state index is 11.0. The Morgan fingerprint density at radius 2 is 2.08 bits per heavy atom. The third-order valence-corrected chi connectivity index (χ3v) is 1.98. The molecule has 0 aromatic carbocycles. The SMILES string of the molecule is CCCCC(C)NCC(=O)NCC. The minimum atomic E-state index is 0.0887. The van der Waals surface area contributed by atoms with E-state index in [0.717, 1.165) is 6.42 Å². The second-order valence-electron chi connectivity index (χ2n) is 3.38. The lowest BCUT2D eigenvalue weighted by molar-refractivity contribution is -0.120. The normalized spacial score (nSPS) is 12.5. The first-order valence-electron chi connectivity index (χ1n) is 5.20. The van der Waals surface area contributed by atoms with Crippen LogP contribution in [0.4, 0.5) is 0 Å². The predicted octanol–water partition coefficient (Wildman–Crippen LogP) is 1.29. The van der Waals surface area contributed by atoms with Crippen LogP contribution in [0.3, 0.4) is 0 Å². The molecule has 2 N–H and O–H groups in total. The fraction of sp³-hybridized carbons (Fsp3) is 0.900. The fourth-order valence-electron chi connectivity index (χ4n) is 1.14. The average Bonchev–Trinajstić information content (AvgIpc) is 2.12. The molecule has 0 saturated heterocycles. The van der Waals surface area contributed by atoms with Crippen LogP contribution < -0.4 is 10.6 Å². The summed E-state index contributed by atoms with van der Waals surface area (Å²) >= 11 is 0. The van der Waals surface area contributed by atoms with E-state index in [2.05, 4.69) is 24.5 Å². The highest BCUT2D eigenvalue weighted by Crippen LogP contribution is 1.98. The van der Waals surface area contributed by atoms with Gasteiger partial charge in [-0.05, 0) is 20.3 Å². The Bertz CT molecular complexity index is 137. The maximum absolute atomic E-state index is 11.0. The van der Waals surface area contributed by atoms with Crippen LogP contribution in [0.25, 0.3) is 0 Å². The van der Waals surface area contributed by atoms with E-state index in [0.29, 0.717) is 19.1 Å². The van der Waals surface area contributed by atoms with Crippen LogP contribution in [0, 0.1) is 0 Å². The summed E-state index contributed by atoms with van der Waals surface area (Å²) in [5.41, 5.74) is 0. The first kappa shape index (κ1) is 12.4. The number of carbonyl (C=O) groups excluding carboxylic acids is 1. The average molecular weight is 186 g/mol. The largest absolute Gasteiger partial charge is 0.355 e. The summed E-state index contributed by atoms with van der Waals surface area (Å²) in [7, 11) is 0. The molecule has 0 aromatic heterocycles. The summed E-state index contributed by atoms with van der Waals surface area (Å²) in [6, 6.07) is 0.447. The van der Waals surface area contributed by atoms with E-state index in [9.17, 15) is 4.79 Å². The molecule has 0 rings (SSSR count). The van der Waals surface area contributed by atoms with E-state index in [1.54, 1.807) is 0 Å². The topological polar surface area (TPSA) is 41.1 Å². The van der Waals surface area contributed by atoms with Crippen molar-refractivity contribution in [2.75, 3.05) is 13.1 Å². The van der Waals surface area contributed by atoms with E-state index in [-0.39, 0.29) is 5.91 Å². The predicted molar refractivity (Wildman–Crippen MR) is 55.7 cm³/mol. The molecule has 0 spiro atoms. The molecule has 0 aliphatic heterocycles. The molecule has 0 heterocycles. The first-order chi connectivity index (χ1) is 6.20. The lowest BCUT2D eigenvalue weighted by Gasteiger charge is -2.12. The number of carbonyl (C=O) groups is 1. The van der Waals surface area contributed by atoms with Crippen molar-refractivity contribution in [3.05, 3.63) is 0 Å². The van der Waals surface area contributed by atoms with E-state index in [1.807, 2.05) is 6.92 Å². The highest BCUT2D eigenvalue weighted by atomic mass is 16.1. The lowest BCUT2D eigenvalue weighted by atomic mass is 10.1.